The second kappa shape index (κ2) is 6.00. The second-order valence-corrected chi connectivity index (χ2v) is 4.75. The predicted molar refractivity (Wildman–Crippen MR) is 71.2 cm³/mol. The number of aromatic nitrogens is 2. The largest absolute Gasteiger partial charge is 0.394 e. The molecule has 1 saturated heterocycles. The van der Waals surface area contributed by atoms with Crippen LogP contribution in [0, 0.1) is 0 Å². The molecule has 0 aliphatic carbocycles. The molecule has 20 heavy (non-hydrogen) atoms. The first-order chi connectivity index (χ1) is 9.49. The SMILES string of the molecule is O=c1[nH]c(=O)n([C@@H]2O[C@H](CO)[C@@H](O)[C@H]2F)cc1/C=C/Br. The van der Waals surface area contributed by atoms with E-state index in [4.69, 9.17) is 9.84 Å². The van der Waals surface area contributed by atoms with Gasteiger partial charge in [-0.05, 0) is 11.1 Å². The second-order valence-electron chi connectivity index (χ2n) is 4.23. The van der Waals surface area contributed by atoms with Gasteiger partial charge in [-0.2, -0.15) is 0 Å². The highest BCUT2D eigenvalue weighted by Crippen LogP contribution is 2.30. The number of aliphatic hydroxyl groups excluding tert-OH is 2. The fraction of sp³-hybridized carbons (Fsp3) is 0.455. The molecule has 0 aromatic carbocycles. The molecule has 1 fully saturated rings. The molecule has 7 nitrogen and oxygen atoms in total. The summed E-state index contributed by atoms with van der Waals surface area (Å²) in [6.07, 6.45) is -3.46. The lowest BCUT2D eigenvalue weighted by atomic mass is 10.1. The first-order valence-electron chi connectivity index (χ1n) is 5.70. The molecule has 0 unspecified atom stereocenters. The van der Waals surface area contributed by atoms with Gasteiger partial charge in [0.2, 0.25) is 0 Å². The summed E-state index contributed by atoms with van der Waals surface area (Å²) in [7, 11) is 0. The summed E-state index contributed by atoms with van der Waals surface area (Å²) >= 11 is 2.99. The minimum absolute atomic E-state index is 0.110. The summed E-state index contributed by atoms with van der Waals surface area (Å²) < 4.78 is 19.9. The van der Waals surface area contributed by atoms with E-state index >= 15 is 0 Å². The number of aliphatic hydroxyl groups is 2. The molecular weight excluding hydrogens is 339 g/mol. The Bertz CT molecular complexity index is 628. The van der Waals surface area contributed by atoms with Gasteiger partial charge in [-0.3, -0.25) is 14.3 Å². The van der Waals surface area contributed by atoms with Crippen LogP contribution in [0.1, 0.15) is 11.8 Å². The van der Waals surface area contributed by atoms with E-state index < -0.39 is 42.5 Å². The molecule has 9 heteroatoms. The Morgan fingerprint density at radius 2 is 2.25 bits per heavy atom. The third kappa shape index (κ3) is 2.62. The van der Waals surface area contributed by atoms with Crippen molar-refractivity contribution < 1.29 is 19.3 Å². The van der Waals surface area contributed by atoms with Crippen LogP contribution in [0.25, 0.3) is 6.08 Å². The van der Waals surface area contributed by atoms with Crippen LogP contribution in [0.4, 0.5) is 4.39 Å². The van der Waals surface area contributed by atoms with Crippen molar-refractivity contribution in [3.05, 3.63) is 37.6 Å². The van der Waals surface area contributed by atoms with Crippen LogP contribution in [0.5, 0.6) is 0 Å². The average molecular weight is 351 g/mol. The van der Waals surface area contributed by atoms with E-state index in [2.05, 4.69) is 15.9 Å². The first kappa shape index (κ1) is 15.1. The van der Waals surface area contributed by atoms with Crippen molar-refractivity contribution >= 4 is 22.0 Å². The van der Waals surface area contributed by atoms with Crippen molar-refractivity contribution in [1.29, 1.82) is 0 Å². The Kier molecular flexibility index (Phi) is 4.53. The van der Waals surface area contributed by atoms with Crippen molar-refractivity contribution in [2.75, 3.05) is 6.61 Å². The van der Waals surface area contributed by atoms with Crippen molar-refractivity contribution in [3.63, 3.8) is 0 Å². The van der Waals surface area contributed by atoms with Gasteiger partial charge in [-0.25, -0.2) is 9.18 Å². The molecular formula is C11H12BrFN2O5. The van der Waals surface area contributed by atoms with Gasteiger partial charge in [0.25, 0.3) is 5.56 Å². The van der Waals surface area contributed by atoms with E-state index in [9.17, 15) is 19.1 Å². The number of hydrogen-bond donors (Lipinski definition) is 3. The maximum Gasteiger partial charge on any atom is 0.330 e. The molecule has 2 heterocycles. The van der Waals surface area contributed by atoms with Crippen LogP contribution in [-0.4, -0.2) is 44.8 Å². The van der Waals surface area contributed by atoms with Gasteiger partial charge >= 0.3 is 5.69 Å². The van der Waals surface area contributed by atoms with Crippen molar-refractivity contribution in [2.45, 2.75) is 24.6 Å². The van der Waals surface area contributed by atoms with Gasteiger partial charge in [0.15, 0.2) is 12.4 Å². The molecule has 4 atom stereocenters. The van der Waals surface area contributed by atoms with E-state index in [1.807, 2.05) is 4.98 Å². The van der Waals surface area contributed by atoms with E-state index in [1.54, 1.807) is 0 Å². The lowest BCUT2D eigenvalue weighted by molar-refractivity contribution is -0.0491. The summed E-state index contributed by atoms with van der Waals surface area (Å²) in [5, 5.41) is 18.5. The van der Waals surface area contributed by atoms with E-state index in [1.165, 1.54) is 11.1 Å². The molecule has 0 radical (unpaired) electrons. The van der Waals surface area contributed by atoms with Crippen molar-refractivity contribution in [2.24, 2.45) is 0 Å². The Balaban J connectivity index is 2.46. The number of ether oxygens (including phenoxy) is 1. The number of aromatic amines is 1. The molecule has 3 N–H and O–H groups in total. The van der Waals surface area contributed by atoms with Gasteiger partial charge in [-0.15, -0.1) is 0 Å². The van der Waals surface area contributed by atoms with Crippen LogP contribution in [0.2, 0.25) is 0 Å². The number of H-pyrrole nitrogens is 1. The number of nitrogens with one attached hydrogen (secondary N) is 1. The molecule has 0 bridgehead atoms. The molecule has 0 saturated carbocycles. The topological polar surface area (TPSA) is 105 Å². The minimum atomic E-state index is -1.89. The van der Waals surface area contributed by atoms with E-state index in [-0.39, 0.29) is 5.56 Å². The number of rotatable bonds is 3. The molecule has 0 spiro atoms. The van der Waals surface area contributed by atoms with Gasteiger partial charge in [0.1, 0.15) is 12.2 Å². The third-order valence-electron chi connectivity index (χ3n) is 2.99. The summed E-state index contributed by atoms with van der Waals surface area (Å²) in [6, 6.07) is 0. The smallest absolute Gasteiger partial charge is 0.330 e. The minimum Gasteiger partial charge on any atom is -0.394 e. The lowest BCUT2D eigenvalue weighted by Gasteiger charge is -2.16. The molecule has 1 aliphatic heterocycles. The molecule has 1 aromatic rings. The quantitative estimate of drug-likeness (QED) is 0.681. The van der Waals surface area contributed by atoms with Gasteiger partial charge in [0.05, 0.1) is 12.2 Å². The normalized spacial score (nSPS) is 30.2. The summed E-state index contributed by atoms with van der Waals surface area (Å²) in [4.78, 5) is 26.6. The molecule has 1 aromatic heterocycles. The zero-order valence-electron chi connectivity index (χ0n) is 10.1. The van der Waals surface area contributed by atoms with Gasteiger partial charge in [0, 0.05) is 6.20 Å². The summed E-state index contributed by atoms with van der Waals surface area (Å²) in [5.41, 5.74) is -1.38. The Labute approximate surface area is 120 Å². The maximum absolute atomic E-state index is 13.9. The van der Waals surface area contributed by atoms with Gasteiger partial charge in [-0.1, -0.05) is 15.9 Å². The average Bonchev–Trinajstić information content (AvgIpc) is 2.70. The number of alkyl halides is 1. The lowest BCUT2D eigenvalue weighted by Crippen LogP contribution is -2.36. The molecule has 0 amide bonds. The van der Waals surface area contributed by atoms with Crippen LogP contribution < -0.4 is 11.2 Å². The van der Waals surface area contributed by atoms with Crippen molar-refractivity contribution in [3.8, 4) is 0 Å². The first-order valence-corrected chi connectivity index (χ1v) is 6.62. The van der Waals surface area contributed by atoms with Crippen LogP contribution in [0.15, 0.2) is 20.8 Å². The highest BCUT2D eigenvalue weighted by Gasteiger charge is 2.45. The summed E-state index contributed by atoms with van der Waals surface area (Å²) in [6.45, 7) is -0.579. The summed E-state index contributed by atoms with van der Waals surface area (Å²) in [5.74, 6) is 0. The van der Waals surface area contributed by atoms with Crippen LogP contribution >= 0.6 is 15.9 Å². The molecule has 2 rings (SSSR count). The highest BCUT2D eigenvalue weighted by molar-refractivity contribution is 9.11. The predicted octanol–water partition coefficient (Wildman–Crippen LogP) is -0.509. The fourth-order valence-electron chi connectivity index (χ4n) is 1.95. The fourth-order valence-corrected chi connectivity index (χ4v) is 2.24. The number of nitrogens with zero attached hydrogens (tertiary/aromatic N) is 1. The van der Waals surface area contributed by atoms with Gasteiger partial charge < -0.3 is 14.9 Å². The van der Waals surface area contributed by atoms with Crippen LogP contribution in [-0.2, 0) is 4.74 Å². The highest BCUT2D eigenvalue weighted by atomic mass is 79.9. The zero-order valence-corrected chi connectivity index (χ0v) is 11.7. The zero-order chi connectivity index (χ0) is 14.9. The maximum atomic E-state index is 13.9. The Morgan fingerprint density at radius 3 is 2.80 bits per heavy atom. The number of halogens is 2. The molecule has 1 aliphatic rings. The van der Waals surface area contributed by atoms with E-state index in [0.29, 0.717) is 0 Å². The van der Waals surface area contributed by atoms with E-state index in [0.717, 1.165) is 10.8 Å². The van der Waals surface area contributed by atoms with Crippen molar-refractivity contribution in [1.82, 2.24) is 9.55 Å². The standard InChI is InChI=1S/C11H12BrFN2O5/c12-2-1-5-3-15(11(19)14-9(5)18)10-7(13)8(17)6(4-16)20-10/h1-3,6-8,10,16-17H,4H2,(H,14,18,19)/b2-1+/t6-,7-,8-,10-/m1/s1. The molecule has 110 valence electrons. The van der Waals surface area contributed by atoms with Crippen LogP contribution in [0.3, 0.4) is 0 Å². The monoisotopic (exact) mass is 350 g/mol. The Hall–Kier alpha value is -1.29. The Morgan fingerprint density at radius 1 is 1.55 bits per heavy atom. The number of hydrogen-bond acceptors (Lipinski definition) is 5. The third-order valence-corrected chi connectivity index (χ3v) is 3.25.